The van der Waals surface area contributed by atoms with Gasteiger partial charge in [-0.3, -0.25) is 10.2 Å². The molecule has 3 N–H and O–H groups in total. The summed E-state index contributed by atoms with van der Waals surface area (Å²) in [5.74, 6) is -0.128. The molecular weight excluding hydrogens is 228 g/mol. The van der Waals surface area contributed by atoms with E-state index < -0.39 is 0 Å². The van der Waals surface area contributed by atoms with Crippen LogP contribution in [-0.2, 0) is 0 Å². The highest BCUT2D eigenvalue weighted by Crippen LogP contribution is 2.13. The van der Waals surface area contributed by atoms with Crippen LogP contribution in [0.15, 0.2) is 18.2 Å². The molecule has 98 valence electrons. The van der Waals surface area contributed by atoms with Gasteiger partial charge in [-0.1, -0.05) is 6.07 Å². The number of piperazine rings is 1. The topological polar surface area (TPSA) is 61.6 Å². The van der Waals surface area contributed by atoms with Crippen molar-refractivity contribution in [3.8, 4) is 0 Å². The molecule has 0 aromatic heterocycles. The van der Waals surface area contributed by atoms with Crippen LogP contribution in [0.2, 0.25) is 0 Å². The first-order valence-corrected chi connectivity index (χ1v) is 6.17. The zero-order chi connectivity index (χ0) is 13.1. The lowest BCUT2D eigenvalue weighted by Crippen LogP contribution is -2.52. The van der Waals surface area contributed by atoms with Gasteiger partial charge in [0.2, 0.25) is 0 Å². The lowest BCUT2D eigenvalue weighted by molar-refractivity contribution is 0.0663. The lowest BCUT2D eigenvalue weighted by Gasteiger charge is -2.32. The Hall–Kier alpha value is -1.59. The zero-order valence-corrected chi connectivity index (χ0v) is 10.9. The summed E-state index contributed by atoms with van der Waals surface area (Å²) in [6, 6.07) is 5.49. The maximum atomic E-state index is 12.1. The first-order valence-electron chi connectivity index (χ1n) is 6.17. The minimum absolute atomic E-state index is 0.128. The van der Waals surface area contributed by atoms with Gasteiger partial charge in [-0.25, -0.2) is 5.01 Å². The van der Waals surface area contributed by atoms with Crippen LogP contribution < -0.4 is 11.2 Å². The Morgan fingerprint density at radius 2 is 1.94 bits per heavy atom. The summed E-state index contributed by atoms with van der Waals surface area (Å²) in [6.07, 6.45) is 0. The fraction of sp³-hybridized carbons (Fsp3) is 0.462. The molecule has 5 heteroatoms. The molecule has 1 aliphatic rings. The molecule has 1 amide bonds. The number of rotatable bonds is 2. The predicted octanol–water partition coefficient (Wildman–Crippen LogP) is 0.469. The van der Waals surface area contributed by atoms with E-state index in [1.807, 2.05) is 24.1 Å². The molecule has 1 fully saturated rings. The summed E-state index contributed by atoms with van der Waals surface area (Å²) in [5, 5.41) is 1.95. The molecule has 0 bridgehead atoms. The second-order valence-electron chi connectivity index (χ2n) is 4.82. The van der Waals surface area contributed by atoms with Crippen molar-refractivity contribution in [2.24, 2.45) is 0 Å². The van der Waals surface area contributed by atoms with Gasteiger partial charge in [0.15, 0.2) is 0 Å². The molecule has 0 saturated carbocycles. The smallest absolute Gasteiger partial charge is 0.267 e. The van der Waals surface area contributed by atoms with E-state index in [1.165, 1.54) is 0 Å². The van der Waals surface area contributed by atoms with Crippen LogP contribution in [-0.4, -0.2) is 49.0 Å². The largest absolute Gasteiger partial charge is 0.398 e. The number of carbonyl (C=O) groups excluding carboxylic acids is 1. The lowest BCUT2D eigenvalue weighted by atomic mass is 10.1. The van der Waals surface area contributed by atoms with Crippen molar-refractivity contribution in [3.63, 3.8) is 0 Å². The van der Waals surface area contributed by atoms with Gasteiger partial charge in [-0.15, -0.1) is 0 Å². The third-order valence-corrected chi connectivity index (χ3v) is 3.21. The van der Waals surface area contributed by atoms with Gasteiger partial charge < -0.3 is 10.6 Å². The Morgan fingerprint density at radius 3 is 2.56 bits per heavy atom. The molecule has 2 rings (SSSR count). The third kappa shape index (κ3) is 3.00. The van der Waals surface area contributed by atoms with Crippen LogP contribution in [0, 0.1) is 6.92 Å². The highest BCUT2D eigenvalue weighted by atomic mass is 16.2. The molecule has 1 aromatic rings. The van der Waals surface area contributed by atoms with Crippen molar-refractivity contribution < 1.29 is 4.79 Å². The molecule has 1 aliphatic heterocycles. The minimum Gasteiger partial charge on any atom is -0.398 e. The van der Waals surface area contributed by atoms with Crippen LogP contribution in [0.1, 0.15) is 15.9 Å². The number of hydrazine groups is 1. The number of hydrogen-bond donors (Lipinski definition) is 2. The molecule has 0 aliphatic carbocycles. The Labute approximate surface area is 108 Å². The summed E-state index contributed by atoms with van der Waals surface area (Å²) in [6.45, 7) is 5.56. The van der Waals surface area contributed by atoms with Crippen LogP contribution in [0.5, 0.6) is 0 Å². The third-order valence-electron chi connectivity index (χ3n) is 3.21. The highest BCUT2D eigenvalue weighted by molar-refractivity contribution is 5.98. The summed E-state index contributed by atoms with van der Waals surface area (Å²) in [5.41, 5.74) is 10.9. The number of nitrogens with two attached hydrogens (primary N) is 1. The Balaban J connectivity index is 1.99. The van der Waals surface area contributed by atoms with Crippen LogP contribution in [0.3, 0.4) is 0 Å². The number of nitrogen functional groups attached to an aromatic ring is 1. The van der Waals surface area contributed by atoms with Crippen LogP contribution in [0.4, 0.5) is 5.69 Å². The summed E-state index contributed by atoms with van der Waals surface area (Å²) in [7, 11) is 2.08. The number of likely N-dealkylation sites (N-methyl/N-ethyl adjacent to an activating group) is 1. The van der Waals surface area contributed by atoms with E-state index in [1.54, 1.807) is 6.07 Å². The molecule has 0 spiro atoms. The molecule has 0 atom stereocenters. The van der Waals surface area contributed by atoms with E-state index in [4.69, 9.17) is 5.73 Å². The average molecular weight is 248 g/mol. The molecule has 1 aromatic carbocycles. The summed E-state index contributed by atoms with van der Waals surface area (Å²) in [4.78, 5) is 14.3. The second kappa shape index (κ2) is 5.37. The number of anilines is 1. The minimum atomic E-state index is -0.128. The normalized spacial score (nSPS) is 17.7. The fourth-order valence-electron chi connectivity index (χ4n) is 2.01. The van der Waals surface area contributed by atoms with Gasteiger partial charge in [0, 0.05) is 31.9 Å². The summed E-state index contributed by atoms with van der Waals surface area (Å²) >= 11 is 0. The number of aryl methyl sites for hydroxylation is 1. The van der Waals surface area contributed by atoms with E-state index in [-0.39, 0.29) is 5.91 Å². The van der Waals surface area contributed by atoms with Gasteiger partial charge in [0.1, 0.15) is 0 Å². The van der Waals surface area contributed by atoms with Gasteiger partial charge in [-0.05, 0) is 31.7 Å². The van der Waals surface area contributed by atoms with E-state index in [2.05, 4.69) is 17.4 Å². The number of nitrogens with one attached hydrogen (secondary N) is 1. The van der Waals surface area contributed by atoms with Crippen molar-refractivity contribution >= 4 is 11.6 Å². The van der Waals surface area contributed by atoms with Crippen molar-refractivity contribution in [2.45, 2.75) is 6.92 Å². The zero-order valence-electron chi connectivity index (χ0n) is 10.9. The average Bonchev–Trinajstić information content (AvgIpc) is 2.32. The van der Waals surface area contributed by atoms with Gasteiger partial charge >= 0.3 is 0 Å². The Bertz CT molecular complexity index is 439. The van der Waals surface area contributed by atoms with E-state index in [0.29, 0.717) is 11.3 Å². The molecule has 0 unspecified atom stereocenters. The monoisotopic (exact) mass is 248 g/mol. The SMILES string of the molecule is Cc1ccc(C(=O)NN2CCN(C)CC2)c(N)c1. The quantitative estimate of drug-likeness (QED) is 0.747. The molecule has 1 heterocycles. The van der Waals surface area contributed by atoms with Crippen molar-refractivity contribution in [2.75, 3.05) is 39.0 Å². The van der Waals surface area contributed by atoms with Crippen LogP contribution in [0.25, 0.3) is 0 Å². The van der Waals surface area contributed by atoms with E-state index in [0.717, 1.165) is 31.7 Å². The highest BCUT2D eigenvalue weighted by Gasteiger charge is 2.17. The molecule has 5 nitrogen and oxygen atoms in total. The number of amides is 1. The van der Waals surface area contributed by atoms with E-state index >= 15 is 0 Å². The Kier molecular flexibility index (Phi) is 3.84. The van der Waals surface area contributed by atoms with Crippen molar-refractivity contribution in [3.05, 3.63) is 29.3 Å². The van der Waals surface area contributed by atoms with Crippen LogP contribution >= 0.6 is 0 Å². The molecule has 18 heavy (non-hydrogen) atoms. The number of benzene rings is 1. The molecule has 0 radical (unpaired) electrons. The first-order chi connectivity index (χ1) is 8.56. The maximum Gasteiger partial charge on any atom is 0.267 e. The fourth-order valence-corrected chi connectivity index (χ4v) is 2.01. The molecule has 1 saturated heterocycles. The van der Waals surface area contributed by atoms with E-state index in [9.17, 15) is 4.79 Å². The number of nitrogens with zero attached hydrogens (tertiary/aromatic N) is 2. The number of carbonyl (C=O) groups is 1. The Morgan fingerprint density at radius 1 is 1.28 bits per heavy atom. The second-order valence-corrected chi connectivity index (χ2v) is 4.82. The number of hydrogen-bond acceptors (Lipinski definition) is 4. The maximum absolute atomic E-state index is 12.1. The van der Waals surface area contributed by atoms with Gasteiger partial charge in [0.25, 0.3) is 5.91 Å². The van der Waals surface area contributed by atoms with Gasteiger partial charge in [-0.2, -0.15) is 0 Å². The predicted molar refractivity (Wildman–Crippen MR) is 72.1 cm³/mol. The van der Waals surface area contributed by atoms with Gasteiger partial charge in [0.05, 0.1) is 5.56 Å². The van der Waals surface area contributed by atoms with Crippen molar-refractivity contribution in [1.82, 2.24) is 15.3 Å². The molecular formula is C13H20N4O. The summed E-state index contributed by atoms with van der Waals surface area (Å²) < 4.78 is 0. The standard InChI is InChI=1S/C13H20N4O/c1-10-3-4-11(12(14)9-10)13(18)15-17-7-5-16(2)6-8-17/h3-4,9H,5-8,14H2,1-2H3,(H,15,18). The van der Waals surface area contributed by atoms with Crippen molar-refractivity contribution in [1.29, 1.82) is 0 Å². The first kappa shape index (κ1) is 12.9.